The van der Waals surface area contributed by atoms with Crippen molar-refractivity contribution in [3.8, 4) is 0 Å². The Hall–Kier alpha value is -2.14. The number of aliphatic hydroxyl groups excluding tert-OH is 1. The zero-order chi connectivity index (χ0) is 24.5. The molecule has 182 valence electrons. The highest BCUT2D eigenvalue weighted by Gasteiger charge is 2.39. The fourth-order valence-electron chi connectivity index (χ4n) is 4.73. The van der Waals surface area contributed by atoms with Crippen molar-refractivity contribution in [3.63, 3.8) is 0 Å². The number of rotatable bonds is 8. The van der Waals surface area contributed by atoms with Crippen LogP contribution in [0, 0.1) is 11.6 Å². The summed E-state index contributed by atoms with van der Waals surface area (Å²) in [4.78, 5) is 13.1. The van der Waals surface area contributed by atoms with Crippen LogP contribution >= 0.6 is 27.3 Å². The molecule has 0 radical (unpaired) electrons. The number of hydrogen-bond donors (Lipinski definition) is 4. The van der Waals surface area contributed by atoms with E-state index < -0.39 is 35.2 Å². The minimum Gasteiger partial charge on any atom is -0.390 e. The molecule has 0 fully saturated rings. The molecule has 34 heavy (non-hydrogen) atoms. The highest BCUT2D eigenvalue weighted by molar-refractivity contribution is 9.10. The maximum atomic E-state index is 13.8. The molecule has 0 saturated heterocycles. The molecule has 2 aromatic heterocycles. The van der Waals surface area contributed by atoms with Gasteiger partial charge in [-0.25, -0.2) is 8.78 Å². The maximum absolute atomic E-state index is 13.8. The molecule has 1 aliphatic carbocycles. The normalized spacial score (nSPS) is 20.4. The summed E-state index contributed by atoms with van der Waals surface area (Å²) in [6.07, 6.45) is 3.15. The first-order valence-corrected chi connectivity index (χ1v) is 12.8. The van der Waals surface area contributed by atoms with E-state index in [1.807, 2.05) is 11.6 Å². The summed E-state index contributed by atoms with van der Waals surface area (Å²) in [6, 6.07) is 4.60. The molecule has 0 aliphatic heterocycles. The maximum Gasteiger partial charge on any atom is 0.217 e. The van der Waals surface area contributed by atoms with E-state index in [2.05, 4.69) is 42.8 Å². The number of hydrogen-bond acceptors (Lipinski definition) is 5. The van der Waals surface area contributed by atoms with Crippen LogP contribution in [0.4, 0.5) is 8.78 Å². The van der Waals surface area contributed by atoms with Crippen molar-refractivity contribution in [2.24, 2.45) is 0 Å². The third kappa shape index (κ3) is 5.40. The van der Waals surface area contributed by atoms with Gasteiger partial charge in [0.15, 0.2) is 0 Å². The predicted molar refractivity (Wildman–Crippen MR) is 131 cm³/mol. The number of carbonyl (C=O) groups is 1. The van der Waals surface area contributed by atoms with E-state index in [0.717, 1.165) is 39.5 Å². The van der Waals surface area contributed by atoms with Crippen molar-refractivity contribution in [2.45, 2.75) is 56.7 Å². The molecule has 4 atom stereocenters. The van der Waals surface area contributed by atoms with Gasteiger partial charge < -0.3 is 15.7 Å². The van der Waals surface area contributed by atoms with Gasteiger partial charge in [-0.1, -0.05) is 6.92 Å². The first-order valence-electron chi connectivity index (χ1n) is 11.1. The number of halogens is 3. The molecule has 0 spiro atoms. The first-order chi connectivity index (χ1) is 16.2. The lowest BCUT2D eigenvalue weighted by atomic mass is 9.79. The van der Waals surface area contributed by atoms with Gasteiger partial charge in [-0.3, -0.25) is 9.89 Å². The average Bonchev–Trinajstić information content (AvgIpc) is 3.43. The third-order valence-electron chi connectivity index (χ3n) is 6.52. The molecule has 4 N–H and O–H groups in total. The zero-order valence-electron chi connectivity index (χ0n) is 18.9. The van der Waals surface area contributed by atoms with Crippen molar-refractivity contribution >= 4 is 33.2 Å². The number of aliphatic hydroxyl groups is 1. The lowest BCUT2D eigenvalue weighted by molar-refractivity contribution is -0.120. The van der Waals surface area contributed by atoms with E-state index in [-0.39, 0.29) is 12.5 Å². The van der Waals surface area contributed by atoms with Gasteiger partial charge in [0.2, 0.25) is 5.91 Å². The van der Waals surface area contributed by atoms with Crippen LogP contribution < -0.4 is 10.6 Å². The summed E-state index contributed by atoms with van der Waals surface area (Å²) in [5.41, 5.74) is 2.20. The number of benzene rings is 1. The highest BCUT2D eigenvalue weighted by Crippen LogP contribution is 2.40. The van der Waals surface area contributed by atoms with E-state index in [0.29, 0.717) is 12.0 Å². The summed E-state index contributed by atoms with van der Waals surface area (Å²) in [5, 5.41) is 26.8. The van der Waals surface area contributed by atoms with E-state index in [4.69, 9.17) is 0 Å². The summed E-state index contributed by atoms with van der Waals surface area (Å²) in [5.74, 6) is -2.25. The van der Waals surface area contributed by atoms with Crippen LogP contribution in [0.3, 0.4) is 0 Å². The van der Waals surface area contributed by atoms with E-state index >= 15 is 0 Å². The SMILES string of the molecule is CC(=O)NC([C@H](O)CNC1(c2cc(Br)cs2)CCc2[nH]ncc2C1)[C@H](C)c1cc(F)cc(F)c1. The number of nitrogens with one attached hydrogen (secondary N) is 3. The summed E-state index contributed by atoms with van der Waals surface area (Å²) >= 11 is 5.17. The molecule has 1 aromatic carbocycles. The molecular formula is C24H27BrF2N4O2S. The number of fused-ring (bicyclic) bond motifs is 1. The minimum atomic E-state index is -1.00. The van der Waals surface area contributed by atoms with Gasteiger partial charge in [0.1, 0.15) is 11.6 Å². The van der Waals surface area contributed by atoms with Crippen LogP contribution in [0.15, 0.2) is 40.3 Å². The number of thiophene rings is 1. The van der Waals surface area contributed by atoms with Gasteiger partial charge in [0.05, 0.1) is 23.9 Å². The topological polar surface area (TPSA) is 90.0 Å². The van der Waals surface area contributed by atoms with Gasteiger partial charge in [-0.15, -0.1) is 11.3 Å². The Morgan fingerprint density at radius 3 is 2.71 bits per heavy atom. The Balaban J connectivity index is 1.57. The Kier molecular flexibility index (Phi) is 7.51. The van der Waals surface area contributed by atoms with Gasteiger partial charge in [0, 0.05) is 45.9 Å². The van der Waals surface area contributed by atoms with Gasteiger partial charge in [-0.2, -0.15) is 5.10 Å². The lowest BCUT2D eigenvalue weighted by Crippen LogP contribution is -2.54. The molecule has 4 rings (SSSR count). The number of H-pyrrole nitrogens is 1. The lowest BCUT2D eigenvalue weighted by Gasteiger charge is -2.39. The van der Waals surface area contributed by atoms with E-state index in [1.165, 1.54) is 19.1 Å². The Bertz CT molecular complexity index is 1150. The van der Waals surface area contributed by atoms with Crippen molar-refractivity contribution in [2.75, 3.05) is 6.54 Å². The van der Waals surface area contributed by atoms with Gasteiger partial charge in [0.25, 0.3) is 0 Å². The summed E-state index contributed by atoms with van der Waals surface area (Å²) < 4.78 is 28.6. The number of amides is 1. The molecule has 2 unspecified atom stereocenters. The molecule has 0 bridgehead atoms. The van der Waals surface area contributed by atoms with Crippen LogP contribution in [0.25, 0.3) is 0 Å². The molecule has 6 nitrogen and oxygen atoms in total. The molecule has 1 amide bonds. The highest BCUT2D eigenvalue weighted by atomic mass is 79.9. The van der Waals surface area contributed by atoms with Crippen molar-refractivity contribution in [3.05, 3.63) is 73.6 Å². The average molecular weight is 553 g/mol. The minimum absolute atomic E-state index is 0.176. The summed E-state index contributed by atoms with van der Waals surface area (Å²) in [7, 11) is 0. The number of aryl methyl sites for hydroxylation is 1. The quantitative estimate of drug-likeness (QED) is 0.338. The van der Waals surface area contributed by atoms with Crippen LogP contribution in [-0.2, 0) is 23.2 Å². The van der Waals surface area contributed by atoms with E-state index in [1.54, 1.807) is 18.3 Å². The van der Waals surface area contributed by atoms with Crippen LogP contribution in [0.2, 0.25) is 0 Å². The first kappa shape index (κ1) is 25.0. The second-order valence-corrected chi connectivity index (χ2v) is 10.8. The Labute approximate surface area is 209 Å². The predicted octanol–water partition coefficient (Wildman–Crippen LogP) is 4.16. The third-order valence-corrected chi connectivity index (χ3v) is 8.42. The van der Waals surface area contributed by atoms with Crippen LogP contribution in [0.5, 0.6) is 0 Å². The molecule has 2 heterocycles. The zero-order valence-corrected chi connectivity index (χ0v) is 21.3. The van der Waals surface area contributed by atoms with Crippen molar-refractivity contribution in [1.82, 2.24) is 20.8 Å². The molecule has 0 saturated carbocycles. The molecule has 3 aromatic rings. The van der Waals surface area contributed by atoms with Crippen LogP contribution in [0.1, 0.15) is 47.9 Å². The number of aromatic nitrogens is 2. The molecule has 10 heteroatoms. The largest absolute Gasteiger partial charge is 0.390 e. The second-order valence-electron chi connectivity index (χ2n) is 8.93. The number of nitrogens with zero attached hydrogens (tertiary/aromatic N) is 1. The van der Waals surface area contributed by atoms with Crippen molar-refractivity contribution in [1.29, 1.82) is 0 Å². The molecular weight excluding hydrogens is 526 g/mol. The second kappa shape index (κ2) is 10.2. The van der Waals surface area contributed by atoms with Gasteiger partial charge in [-0.05, 0) is 64.5 Å². The number of carbonyl (C=O) groups excluding carboxylic acids is 1. The number of aromatic amines is 1. The fraction of sp³-hybridized carbons (Fsp3) is 0.417. The standard InChI is InChI=1S/C24H27BrF2N4O2S/c1-13(15-5-18(26)8-19(27)6-15)23(30-14(2)32)21(33)11-28-24(22-7-17(25)12-34-22)4-3-20-16(9-24)10-29-31-20/h5-8,10,12-13,21,23,28,33H,3-4,9,11H2,1-2H3,(H,29,31)(H,30,32)/t13-,21-,23?,24?/m1/s1. The monoisotopic (exact) mass is 552 g/mol. The summed E-state index contributed by atoms with van der Waals surface area (Å²) in [6.45, 7) is 3.27. The van der Waals surface area contributed by atoms with E-state index in [9.17, 15) is 18.7 Å². The molecule has 1 aliphatic rings. The van der Waals surface area contributed by atoms with Crippen molar-refractivity contribution < 1.29 is 18.7 Å². The fourth-order valence-corrected chi connectivity index (χ4v) is 6.37. The Morgan fingerprint density at radius 2 is 2.06 bits per heavy atom. The smallest absolute Gasteiger partial charge is 0.217 e. The Morgan fingerprint density at radius 1 is 1.32 bits per heavy atom. The van der Waals surface area contributed by atoms with Gasteiger partial charge >= 0.3 is 0 Å². The van der Waals surface area contributed by atoms with Crippen LogP contribution in [-0.4, -0.2) is 39.9 Å².